The number of anilines is 1. The largest absolute Gasteiger partial charge is 0.356 e. The van der Waals surface area contributed by atoms with Crippen LogP contribution in [0.25, 0.3) is 0 Å². The number of nitrogens with one attached hydrogen (secondary N) is 1. The van der Waals surface area contributed by atoms with Gasteiger partial charge in [-0.2, -0.15) is 0 Å². The van der Waals surface area contributed by atoms with E-state index in [0.29, 0.717) is 5.92 Å². The first kappa shape index (κ1) is 13.8. The van der Waals surface area contributed by atoms with Crippen LogP contribution < -0.4 is 10.2 Å². The Morgan fingerprint density at radius 2 is 2.37 bits per heavy atom. The van der Waals surface area contributed by atoms with Gasteiger partial charge in [-0.3, -0.25) is 4.79 Å². The number of piperidine rings is 1. The van der Waals surface area contributed by atoms with Crippen molar-refractivity contribution in [3.8, 4) is 0 Å². The number of hydrogen-bond donors (Lipinski definition) is 1. The maximum atomic E-state index is 10.9. The molecule has 19 heavy (non-hydrogen) atoms. The van der Waals surface area contributed by atoms with Crippen LogP contribution in [0, 0.1) is 12.8 Å². The van der Waals surface area contributed by atoms with E-state index in [-0.39, 0.29) is 5.91 Å². The Hall–Kier alpha value is -1.65. The number of aryl methyl sites for hydroxylation is 1. The van der Waals surface area contributed by atoms with E-state index in [2.05, 4.69) is 20.2 Å². The van der Waals surface area contributed by atoms with E-state index < -0.39 is 0 Å². The van der Waals surface area contributed by atoms with E-state index in [1.54, 1.807) is 13.3 Å². The van der Waals surface area contributed by atoms with Gasteiger partial charge in [0.25, 0.3) is 0 Å². The van der Waals surface area contributed by atoms with Gasteiger partial charge in [0.05, 0.1) is 0 Å². The summed E-state index contributed by atoms with van der Waals surface area (Å²) < 4.78 is 0. The van der Waals surface area contributed by atoms with Crippen molar-refractivity contribution in [1.29, 1.82) is 0 Å². The highest BCUT2D eigenvalue weighted by molar-refractivity contribution is 5.72. The smallest absolute Gasteiger partial charge is 0.216 e. The van der Waals surface area contributed by atoms with Gasteiger partial charge in [-0.05, 0) is 32.1 Å². The molecular weight excluding hydrogens is 240 g/mol. The monoisotopic (exact) mass is 262 g/mol. The molecule has 0 radical (unpaired) electrons. The quantitative estimate of drug-likeness (QED) is 0.894. The van der Waals surface area contributed by atoms with Gasteiger partial charge in [-0.15, -0.1) is 0 Å². The van der Waals surface area contributed by atoms with Gasteiger partial charge in [0.1, 0.15) is 12.1 Å². The zero-order valence-corrected chi connectivity index (χ0v) is 11.7. The lowest BCUT2D eigenvalue weighted by Crippen LogP contribution is -2.37. The molecule has 1 atom stereocenters. The highest BCUT2D eigenvalue weighted by Gasteiger charge is 2.20. The van der Waals surface area contributed by atoms with Crippen LogP contribution in [0.2, 0.25) is 0 Å². The van der Waals surface area contributed by atoms with E-state index in [1.807, 2.05) is 13.0 Å². The number of aromatic nitrogens is 2. The summed E-state index contributed by atoms with van der Waals surface area (Å²) >= 11 is 0. The normalized spacial score (nSPS) is 19.3. The molecule has 1 saturated heterocycles. The molecule has 0 saturated carbocycles. The van der Waals surface area contributed by atoms with Crippen LogP contribution in [-0.4, -0.2) is 35.5 Å². The molecule has 0 bridgehead atoms. The number of carbonyl (C=O) groups is 1. The molecule has 1 aliphatic heterocycles. The van der Waals surface area contributed by atoms with Gasteiger partial charge < -0.3 is 10.2 Å². The average Bonchev–Trinajstić information content (AvgIpc) is 2.39. The van der Waals surface area contributed by atoms with Crippen LogP contribution in [0.3, 0.4) is 0 Å². The predicted octanol–water partition coefficient (Wildman–Crippen LogP) is 1.53. The zero-order valence-electron chi connectivity index (χ0n) is 11.7. The maximum absolute atomic E-state index is 10.9. The SMILES string of the molecule is CC(=O)NCCC1CCCN(c2cc(C)ncn2)C1. The van der Waals surface area contributed by atoms with Crippen molar-refractivity contribution < 1.29 is 4.79 Å². The molecule has 5 heteroatoms. The minimum Gasteiger partial charge on any atom is -0.356 e. The summed E-state index contributed by atoms with van der Waals surface area (Å²) in [4.78, 5) is 21.7. The molecule has 1 amide bonds. The third-order valence-corrected chi connectivity index (χ3v) is 3.56. The molecule has 104 valence electrons. The first-order chi connectivity index (χ1) is 9.15. The van der Waals surface area contributed by atoms with Crippen molar-refractivity contribution in [2.75, 3.05) is 24.5 Å². The third-order valence-electron chi connectivity index (χ3n) is 3.56. The number of hydrogen-bond acceptors (Lipinski definition) is 4. The Kier molecular flexibility index (Phi) is 4.71. The summed E-state index contributed by atoms with van der Waals surface area (Å²) in [6.07, 6.45) is 5.10. The summed E-state index contributed by atoms with van der Waals surface area (Å²) in [5.41, 5.74) is 1.00. The first-order valence-electron chi connectivity index (χ1n) is 6.93. The molecule has 1 unspecified atom stereocenters. The minimum absolute atomic E-state index is 0.0547. The van der Waals surface area contributed by atoms with E-state index in [1.165, 1.54) is 12.8 Å². The van der Waals surface area contributed by atoms with Crippen molar-refractivity contribution in [3.05, 3.63) is 18.1 Å². The van der Waals surface area contributed by atoms with Crippen LogP contribution in [0.15, 0.2) is 12.4 Å². The lowest BCUT2D eigenvalue weighted by molar-refractivity contribution is -0.119. The molecule has 1 aromatic heterocycles. The second-order valence-corrected chi connectivity index (χ2v) is 5.24. The molecule has 0 aliphatic carbocycles. The number of nitrogens with zero attached hydrogens (tertiary/aromatic N) is 3. The third kappa shape index (κ3) is 4.19. The zero-order chi connectivity index (χ0) is 13.7. The van der Waals surface area contributed by atoms with Crippen LogP contribution in [0.1, 0.15) is 31.9 Å². The van der Waals surface area contributed by atoms with Crippen molar-refractivity contribution >= 4 is 11.7 Å². The molecule has 1 aromatic rings. The lowest BCUT2D eigenvalue weighted by Gasteiger charge is -2.33. The molecule has 2 heterocycles. The molecule has 0 aromatic carbocycles. The summed E-state index contributed by atoms with van der Waals surface area (Å²) in [5, 5.41) is 2.87. The van der Waals surface area contributed by atoms with E-state index in [9.17, 15) is 4.79 Å². The number of amides is 1. The fourth-order valence-electron chi connectivity index (χ4n) is 2.57. The lowest BCUT2D eigenvalue weighted by atomic mass is 9.95. The van der Waals surface area contributed by atoms with Crippen LogP contribution in [0.5, 0.6) is 0 Å². The van der Waals surface area contributed by atoms with Crippen LogP contribution in [-0.2, 0) is 4.79 Å². The summed E-state index contributed by atoms with van der Waals surface area (Å²) in [7, 11) is 0. The standard InChI is InChI=1S/C14H22N4O/c1-11-8-14(17-10-16-11)18-7-3-4-13(9-18)5-6-15-12(2)19/h8,10,13H,3-7,9H2,1-2H3,(H,15,19). The highest BCUT2D eigenvalue weighted by Crippen LogP contribution is 2.23. The van der Waals surface area contributed by atoms with Crippen molar-refractivity contribution in [2.24, 2.45) is 5.92 Å². The topological polar surface area (TPSA) is 58.1 Å². The fourth-order valence-corrected chi connectivity index (χ4v) is 2.57. The molecular formula is C14H22N4O. The predicted molar refractivity (Wildman–Crippen MR) is 75.0 cm³/mol. The molecule has 5 nitrogen and oxygen atoms in total. The van der Waals surface area contributed by atoms with Crippen LogP contribution in [0.4, 0.5) is 5.82 Å². The maximum Gasteiger partial charge on any atom is 0.216 e. The van der Waals surface area contributed by atoms with Crippen molar-refractivity contribution in [3.63, 3.8) is 0 Å². The van der Waals surface area contributed by atoms with Gasteiger partial charge in [-0.1, -0.05) is 0 Å². The average molecular weight is 262 g/mol. The van der Waals surface area contributed by atoms with E-state index >= 15 is 0 Å². The Labute approximate surface area is 114 Å². The fraction of sp³-hybridized carbons (Fsp3) is 0.643. The van der Waals surface area contributed by atoms with E-state index in [4.69, 9.17) is 0 Å². The van der Waals surface area contributed by atoms with Gasteiger partial charge in [0.15, 0.2) is 0 Å². The summed E-state index contributed by atoms with van der Waals surface area (Å²) in [6.45, 7) is 6.42. The molecule has 1 fully saturated rings. The number of carbonyl (C=O) groups excluding carboxylic acids is 1. The Bertz CT molecular complexity index is 435. The van der Waals surface area contributed by atoms with Gasteiger partial charge in [-0.25, -0.2) is 9.97 Å². The Morgan fingerprint density at radius 1 is 1.53 bits per heavy atom. The molecule has 1 aliphatic rings. The van der Waals surface area contributed by atoms with E-state index in [0.717, 1.165) is 37.6 Å². The number of rotatable bonds is 4. The molecule has 0 spiro atoms. The Morgan fingerprint density at radius 3 is 3.11 bits per heavy atom. The second kappa shape index (κ2) is 6.50. The summed E-state index contributed by atoms with van der Waals surface area (Å²) in [6, 6.07) is 2.04. The Balaban J connectivity index is 1.88. The molecule has 2 rings (SSSR count). The molecule has 1 N–H and O–H groups in total. The first-order valence-corrected chi connectivity index (χ1v) is 6.93. The van der Waals surface area contributed by atoms with Gasteiger partial charge in [0, 0.05) is 38.3 Å². The second-order valence-electron chi connectivity index (χ2n) is 5.24. The van der Waals surface area contributed by atoms with Gasteiger partial charge >= 0.3 is 0 Å². The summed E-state index contributed by atoms with van der Waals surface area (Å²) in [5.74, 6) is 1.71. The van der Waals surface area contributed by atoms with Gasteiger partial charge in [0.2, 0.25) is 5.91 Å². The highest BCUT2D eigenvalue weighted by atomic mass is 16.1. The minimum atomic E-state index is 0.0547. The van der Waals surface area contributed by atoms with Crippen molar-refractivity contribution in [1.82, 2.24) is 15.3 Å². The van der Waals surface area contributed by atoms with Crippen LogP contribution >= 0.6 is 0 Å². The van der Waals surface area contributed by atoms with Crippen molar-refractivity contribution in [2.45, 2.75) is 33.1 Å².